The third-order valence-corrected chi connectivity index (χ3v) is 3.94. The molecule has 6 nitrogen and oxygen atoms in total. The van der Waals surface area contributed by atoms with Gasteiger partial charge in [0.25, 0.3) is 0 Å². The van der Waals surface area contributed by atoms with Crippen LogP contribution in [0.15, 0.2) is 12.1 Å². The lowest BCUT2D eigenvalue weighted by atomic mass is 10.2. The topological polar surface area (TPSA) is 84.9 Å². The predicted molar refractivity (Wildman–Crippen MR) is 84.8 cm³/mol. The van der Waals surface area contributed by atoms with Gasteiger partial charge < -0.3 is 18.8 Å². The van der Waals surface area contributed by atoms with E-state index >= 15 is 0 Å². The van der Waals surface area contributed by atoms with Gasteiger partial charge in [0.15, 0.2) is 21.6 Å². The van der Waals surface area contributed by atoms with Crippen molar-refractivity contribution < 1.29 is 40.4 Å². The molecule has 1 rings (SSSR count). The minimum atomic E-state index is -6.09. The number of methoxy groups -OCH3 is 3. The fraction of sp³-hybridized carbons (Fsp3) is 0.538. The monoisotopic (exact) mass is 392 g/mol. The third kappa shape index (κ3) is 7.05. The molecular weight excluding hydrogens is 373 g/mol. The van der Waals surface area contributed by atoms with E-state index in [9.17, 15) is 13.2 Å². The number of rotatable bonds is 5. The molecule has 0 heterocycles. The van der Waals surface area contributed by atoms with Gasteiger partial charge in [0.2, 0.25) is 5.75 Å². The quantitative estimate of drug-likeness (QED) is 0.434. The smallest absolute Gasteiger partial charge is 0.485 e. The Bertz CT molecular complexity index is 604. The van der Waals surface area contributed by atoms with Crippen molar-refractivity contribution in [2.45, 2.75) is 11.3 Å². The van der Waals surface area contributed by atoms with Crippen molar-refractivity contribution in [2.24, 2.45) is 0 Å². The van der Waals surface area contributed by atoms with E-state index in [1.165, 1.54) is 5.56 Å². The highest BCUT2D eigenvalue weighted by Gasteiger charge is 2.36. The lowest BCUT2D eigenvalue weighted by Crippen LogP contribution is -2.21. The first kappa shape index (κ1) is 22.7. The maximum absolute atomic E-state index is 10.7. The number of alkyl halides is 3. The van der Waals surface area contributed by atoms with Crippen molar-refractivity contribution in [2.75, 3.05) is 33.8 Å². The summed E-state index contributed by atoms with van der Waals surface area (Å²) in [7, 11) is -0.847. The van der Waals surface area contributed by atoms with E-state index in [0.717, 1.165) is 17.3 Å². The molecule has 0 aliphatic heterocycles. The highest BCUT2D eigenvalue weighted by atomic mass is 32.2. The number of benzene rings is 1. The Morgan fingerprint density at radius 2 is 1.42 bits per heavy atom. The number of ether oxygens (including phenoxy) is 3. The van der Waals surface area contributed by atoms with Crippen LogP contribution in [0.25, 0.3) is 0 Å². The molecule has 0 aliphatic rings. The van der Waals surface area contributed by atoms with Gasteiger partial charge in [-0.3, -0.25) is 0 Å². The van der Waals surface area contributed by atoms with Crippen LogP contribution in [0.5, 0.6) is 17.2 Å². The van der Waals surface area contributed by atoms with Crippen LogP contribution < -0.4 is 14.2 Å². The average Bonchev–Trinajstić information content (AvgIpc) is 2.44. The van der Waals surface area contributed by atoms with Crippen LogP contribution in [-0.2, 0) is 26.8 Å². The van der Waals surface area contributed by atoms with Crippen molar-refractivity contribution in [1.82, 2.24) is 0 Å². The van der Waals surface area contributed by atoms with Crippen LogP contribution in [0.3, 0.4) is 0 Å². The summed E-state index contributed by atoms with van der Waals surface area (Å²) in [6.45, 7) is 0. The molecule has 1 aromatic rings. The standard InChI is InChI=1S/C12H19O3S.CHF3O3S/c1-13-10-6-9(8-16(4)5)7-11(14-2)12(10)15-3;2-1(3,4)8(5,6)7/h6-7H,8H2,1-5H3;(H,5,6,7)/q+1;/p-1. The Morgan fingerprint density at radius 3 is 1.62 bits per heavy atom. The predicted octanol–water partition coefficient (Wildman–Crippen LogP) is 2.14. The molecule has 0 atom stereocenters. The second kappa shape index (κ2) is 9.23. The summed E-state index contributed by atoms with van der Waals surface area (Å²) in [6.07, 6.45) is 4.42. The van der Waals surface area contributed by atoms with Gasteiger partial charge in [-0.1, -0.05) is 0 Å². The normalized spacial score (nSPS) is 11.6. The van der Waals surface area contributed by atoms with E-state index in [-0.39, 0.29) is 0 Å². The minimum Gasteiger partial charge on any atom is -0.741 e. The summed E-state index contributed by atoms with van der Waals surface area (Å²) < 4.78 is 74.8. The zero-order valence-electron chi connectivity index (χ0n) is 13.8. The van der Waals surface area contributed by atoms with Gasteiger partial charge in [-0.05, 0) is 23.0 Å². The fourth-order valence-electron chi connectivity index (χ4n) is 1.55. The molecule has 0 aliphatic carbocycles. The van der Waals surface area contributed by atoms with Crippen molar-refractivity contribution in [1.29, 1.82) is 0 Å². The largest absolute Gasteiger partial charge is 0.741 e. The Morgan fingerprint density at radius 1 is 1.04 bits per heavy atom. The van der Waals surface area contributed by atoms with E-state index in [4.69, 9.17) is 27.2 Å². The van der Waals surface area contributed by atoms with Crippen LogP contribution in [0.4, 0.5) is 13.2 Å². The third-order valence-electron chi connectivity index (χ3n) is 2.46. The van der Waals surface area contributed by atoms with Crippen molar-refractivity contribution >= 4 is 21.0 Å². The Labute approximate surface area is 142 Å². The van der Waals surface area contributed by atoms with Crippen LogP contribution >= 0.6 is 0 Å². The first-order valence-corrected chi connectivity index (χ1v) is 9.84. The van der Waals surface area contributed by atoms with Crippen molar-refractivity contribution in [3.63, 3.8) is 0 Å². The summed E-state index contributed by atoms with van der Waals surface area (Å²) in [4.78, 5) is 0. The highest BCUT2D eigenvalue weighted by molar-refractivity contribution is 7.94. The second-order valence-electron chi connectivity index (χ2n) is 4.56. The molecule has 0 saturated heterocycles. The molecule has 140 valence electrons. The molecular formula is C13H19F3O6S2. The zero-order valence-corrected chi connectivity index (χ0v) is 15.4. The lowest BCUT2D eigenvalue weighted by Gasteiger charge is -2.13. The second-order valence-corrected chi connectivity index (χ2v) is 8.19. The van der Waals surface area contributed by atoms with E-state index in [1.807, 2.05) is 12.1 Å². The highest BCUT2D eigenvalue weighted by Crippen LogP contribution is 2.38. The molecule has 0 spiro atoms. The molecule has 0 aromatic heterocycles. The SMILES string of the molecule is COc1cc(C[S+](C)C)cc(OC)c1OC.O=S(=O)([O-])C(F)(F)F. The summed E-state index contributed by atoms with van der Waals surface area (Å²) >= 11 is 0. The maximum Gasteiger partial charge on any atom is 0.485 e. The lowest BCUT2D eigenvalue weighted by molar-refractivity contribution is -0.0517. The molecule has 0 N–H and O–H groups in total. The molecule has 1 aromatic carbocycles. The van der Waals surface area contributed by atoms with Crippen LogP contribution in [0, 0.1) is 0 Å². The molecule has 0 bridgehead atoms. The first-order valence-electron chi connectivity index (χ1n) is 6.22. The van der Waals surface area contributed by atoms with Gasteiger partial charge in [0.05, 0.1) is 33.8 Å². The summed E-state index contributed by atoms with van der Waals surface area (Å²) in [5.41, 5.74) is -4.43. The fourth-order valence-corrected chi connectivity index (χ4v) is 2.39. The maximum atomic E-state index is 10.7. The van der Waals surface area contributed by atoms with E-state index in [1.54, 1.807) is 21.3 Å². The zero-order chi connectivity index (χ0) is 19.1. The summed E-state index contributed by atoms with van der Waals surface area (Å²) in [5, 5.41) is 0. The first-order chi connectivity index (χ1) is 10.9. The van der Waals surface area contributed by atoms with Gasteiger partial charge in [-0.25, -0.2) is 8.42 Å². The minimum absolute atomic E-state index is 0.352. The van der Waals surface area contributed by atoms with Gasteiger partial charge in [0.1, 0.15) is 5.75 Å². The Balaban J connectivity index is 0.000000561. The van der Waals surface area contributed by atoms with Crippen LogP contribution in [0.2, 0.25) is 0 Å². The molecule has 11 heteroatoms. The van der Waals surface area contributed by atoms with Crippen LogP contribution in [-0.4, -0.2) is 52.3 Å². The molecule has 24 heavy (non-hydrogen) atoms. The number of hydrogen-bond acceptors (Lipinski definition) is 6. The Hall–Kier alpha value is -1.33. The van der Waals surface area contributed by atoms with E-state index < -0.39 is 15.6 Å². The van der Waals surface area contributed by atoms with E-state index in [2.05, 4.69) is 12.5 Å². The van der Waals surface area contributed by atoms with Gasteiger partial charge in [-0.15, -0.1) is 0 Å². The molecule has 0 radical (unpaired) electrons. The van der Waals surface area contributed by atoms with Crippen molar-refractivity contribution in [3.8, 4) is 17.2 Å². The molecule has 0 unspecified atom stereocenters. The van der Waals surface area contributed by atoms with Crippen LogP contribution in [0.1, 0.15) is 5.56 Å². The van der Waals surface area contributed by atoms with E-state index in [0.29, 0.717) is 16.6 Å². The summed E-state index contributed by atoms with van der Waals surface area (Å²) in [5.74, 6) is 3.13. The van der Waals surface area contributed by atoms with Gasteiger partial charge >= 0.3 is 5.51 Å². The van der Waals surface area contributed by atoms with Gasteiger partial charge in [0, 0.05) is 5.56 Å². The number of hydrogen-bond donors (Lipinski definition) is 0. The molecule has 0 saturated carbocycles. The Kier molecular flexibility index (Phi) is 8.72. The molecule has 0 amide bonds. The number of halogens is 3. The summed E-state index contributed by atoms with van der Waals surface area (Å²) in [6, 6.07) is 4.02. The molecule has 0 fully saturated rings. The van der Waals surface area contributed by atoms with Crippen molar-refractivity contribution in [3.05, 3.63) is 17.7 Å². The van der Waals surface area contributed by atoms with Gasteiger partial charge in [-0.2, -0.15) is 13.2 Å². The average molecular weight is 392 g/mol.